The van der Waals surface area contributed by atoms with Gasteiger partial charge >= 0.3 is 18.3 Å². The second-order valence-electron chi connectivity index (χ2n) is 8.23. The monoisotopic (exact) mass is 548 g/mol. The van der Waals surface area contributed by atoms with Crippen LogP contribution in [0.3, 0.4) is 0 Å². The van der Waals surface area contributed by atoms with Gasteiger partial charge in [0, 0.05) is 28.8 Å². The molecular formula is C25H17F9N2O2. The van der Waals surface area contributed by atoms with Crippen molar-refractivity contribution in [2.45, 2.75) is 36.1 Å². The van der Waals surface area contributed by atoms with E-state index in [0.717, 1.165) is 12.1 Å². The van der Waals surface area contributed by atoms with Crippen molar-refractivity contribution in [3.05, 3.63) is 94.7 Å². The molecule has 1 aliphatic carbocycles. The Balaban J connectivity index is 2.27. The van der Waals surface area contributed by atoms with Gasteiger partial charge in [0.25, 0.3) is 11.7 Å². The first kappa shape index (κ1) is 28.8. The highest BCUT2D eigenvalue weighted by molar-refractivity contribution is 5.95. The first-order valence-corrected chi connectivity index (χ1v) is 10.5. The number of halogens is 9. The summed E-state index contributed by atoms with van der Waals surface area (Å²) in [6.45, 7) is 0. The van der Waals surface area contributed by atoms with Gasteiger partial charge in [-0.1, -0.05) is 48.2 Å². The predicted octanol–water partition coefficient (Wildman–Crippen LogP) is 5.17. The molecule has 1 aliphatic rings. The number of hydrogen-bond donors (Lipinski definition) is 3. The molecule has 2 aromatic carbocycles. The number of nitrogens with one attached hydrogen (secondary N) is 1. The summed E-state index contributed by atoms with van der Waals surface area (Å²) in [5.41, 5.74) is -4.61. The van der Waals surface area contributed by atoms with Crippen molar-refractivity contribution >= 4 is 5.91 Å². The zero-order chi connectivity index (χ0) is 28.6. The van der Waals surface area contributed by atoms with E-state index in [9.17, 15) is 45.0 Å². The van der Waals surface area contributed by atoms with Crippen LogP contribution >= 0.6 is 0 Å². The highest BCUT2D eigenvalue weighted by Crippen LogP contribution is 2.52. The van der Waals surface area contributed by atoms with Crippen LogP contribution in [0.2, 0.25) is 0 Å². The highest BCUT2D eigenvalue weighted by atomic mass is 19.4. The molecule has 0 aromatic heterocycles. The van der Waals surface area contributed by atoms with Crippen molar-refractivity contribution < 1.29 is 49.4 Å². The molecule has 13 heteroatoms. The Morgan fingerprint density at radius 2 is 1.42 bits per heavy atom. The van der Waals surface area contributed by atoms with Crippen LogP contribution in [0.25, 0.3) is 0 Å². The Morgan fingerprint density at radius 1 is 0.895 bits per heavy atom. The third kappa shape index (κ3) is 5.71. The highest BCUT2D eigenvalue weighted by Gasteiger charge is 2.73. The normalized spacial score (nSPS) is 20.1. The summed E-state index contributed by atoms with van der Waals surface area (Å²) in [5.74, 6) is -8.96. The molecule has 0 fully saturated rings. The molecule has 2 unspecified atom stereocenters. The number of hydrogen-bond acceptors (Lipinski definition) is 3. The molecular weight excluding hydrogens is 531 g/mol. The molecule has 4 N–H and O–H groups in total. The van der Waals surface area contributed by atoms with E-state index >= 15 is 4.39 Å². The van der Waals surface area contributed by atoms with Crippen LogP contribution in [0, 0.1) is 11.8 Å². The fourth-order valence-electron chi connectivity index (χ4n) is 3.57. The molecule has 3 rings (SSSR count). The molecule has 2 atom stereocenters. The lowest BCUT2D eigenvalue weighted by atomic mass is 9.79. The van der Waals surface area contributed by atoms with Crippen LogP contribution in [0.1, 0.15) is 22.3 Å². The Labute approximate surface area is 209 Å². The molecule has 0 heterocycles. The van der Waals surface area contributed by atoms with E-state index in [1.54, 1.807) is 11.4 Å². The van der Waals surface area contributed by atoms with Gasteiger partial charge in [0.1, 0.15) is 0 Å². The number of alkyl halides is 9. The van der Waals surface area contributed by atoms with Crippen molar-refractivity contribution in [2.24, 2.45) is 5.73 Å². The van der Waals surface area contributed by atoms with Gasteiger partial charge in [0.05, 0.1) is 5.57 Å². The molecule has 4 nitrogen and oxygen atoms in total. The average molecular weight is 548 g/mol. The van der Waals surface area contributed by atoms with Crippen LogP contribution in [-0.2, 0) is 0 Å². The second kappa shape index (κ2) is 9.85. The minimum Gasteiger partial charge on any atom is -0.374 e. The minimum atomic E-state index is -6.73. The van der Waals surface area contributed by atoms with Crippen LogP contribution in [0.15, 0.2) is 83.6 Å². The number of amides is 1. The van der Waals surface area contributed by atoms with Gasteiger partial charge in [-0.25, -0.2) is 4.39 Å². The van der Waals surface area contributed by atoms with E-state index in [4.69, 9.17) is 5.73 Å². The van der Waals surface area contributed by atoms with Crippen molar-refractivity contribution in [1.29, 1.82) is 0 Å². The van der Waals surface area contributed by atoms with Gasteiger partial charge in [0.15, 0.2) is 5.60 Å². The van der Waals surface area contributed by atoms with Gasteiger partial charge < -0.3 is 10.4 Å². The van der Waals surface area contributed by atoms with E-state index in [1.807, 2.05) is 0 Å². The third-order valence-corrected chi connectivity index (χ3v) is 5.38. The summed E-state index contributed by atoms with van der Waals surface area (Å²) in [6.07, 6.45) is -14.1. The molecule has 0 spiro atoms. The Bertz CT molecular complexity index is 1320. The number of benzene rings is 2. The molecule has 0 aliphatic heterocycles. The molecule has 0 bridgehead atoms. The SMILES string of the molecule is NC(F)(C1=C(NC(=O)c2ccccc2)CC(O)(C#Cc2ccccc2)C=C1C(F)(F)F)C(F)(F)C(F)(F)F. The molecule has 202 valence electrons. The number of carbonyl (C=O) groups is 1. The first-order chi connectivity index (χ1) is 17.4. The topological polar surface area (TPSA) is 75.3 Å². The molecule has 2 aromatic rings. The maximum Gasteiger partial charge on any atom is 0.458 e. The number of nitrogens with two attached hydrogens (primary N) is 1. The Hall–Kier alpha value is -3.76. The van der Waals surface area contributed by atoms with Crippen LogP contribution < -0.4 is 11.1 Å². The van der Waals surface area contributed by atoms with Crippen LogP contribution in [0.4, 0.5) is 39.5 Å². The predicted molar refractivity (Wildman–Crippen MR) is 117 cm³/mol. The summed E-state index contributed by atoms with van der Waals surface area (Å²) in [5, 5.41) is 12.6. The Kier molecular flexibility index (Phi) is 7.46. The Morgan fingerprint density at radius 3 is 1.92 bits per heavy atom. The second-order valence-corrected chi connectivity index (χ2v) is 8.23. The van der Waals surface area contributed by atoms with Gasteiger partial charge in [0.2, 0.25) is 0 Å². The van der Waals surface area contributed by atoms with Gasteiger partial charge in [-0.05, 0) is 30.3 Å². The molecule has 1 amide bonds. The zero-order valence-electron chi connectivity index (χ0n) is 18.9. The minimum absolute atomic E-state index is 0.190. The smallest absolute Gasteiger partial charge is 0.374 e. The largest absolute Gasteiger partial charge is 0.458 e. The maximum atomic E-state index is 15.3. The fraction of sp³-hybridized carbons (Fsp3) is 0.240. The van der Waals surface area contributed by atoms with Crippen molar-refractivity contribution in [3.8, 4) is 11.8 Å². The van der Waals surface area contributed by atoms with E-state index in [1.165, 1.54) is 42.5 Å². The van der Waals surface area contributed by atoms with Gasteiger partial charge in [-0.15, -0.1) is 0 Å². The van der Waals surface area contributed by atoms with Gasteiger partial charge in [-0.2, -0.15) is 35.1 Å². The third-order valence-electron chi connectivity index (χ3n) is 5.38. The van der Waals surface area contributed by atoms with E-state index < -0.39 is 58.8 Å². The average Bonchev–Trinajstić information content (AvgIpc) is 2.82. The standard InChI is InChI=1S/C25H17F9N2O2/c26-22(35,24(30,31)25(32,33)34)19-17(23(27,28)29)13-21(38,12-11-15-7-3-1-4-8-15)14-18(19)36-20(37)16-9-5-2-6-10-16/h1-10,13,38H,14,35H2,(H,36,37). The fourth-order valence-corrected chi connectivity index (χ4v) is 3.57. The van der Waals surface area contributed by atoms with Crippen molar-refractivity contribution in [2.75, 3.05) is 0 Å². The maximum absolute atomic E-state index is 15.3. The molecule has 38 heavy (non-hydrogen) atoms. The number of rotatable bonds is 4. The van der Waals surface area contributed by atoms with Crippen LogP contribution in [-0.4, -0.2) is 40.7 Å². The summed E-state index contributed by atoms with van der Waals surface area (Å²) < 4.78 is 125. The molecule has 0 saturated carbocycles. The number of carbonyl (C=O) groups excluding carboxylic acids is 1. The molecule has 0 saturated heterocycles. The van der Waals surface area contributed by atoms with E-state index in [2.05, 4.69) is 11.8 Å². The van der Waals surface area contributed by atoms with Crippen LogP contribution in [0.5, 0.6) is 0 Å². The summed E-state index contributed by atoms with van der Waals surface area (Å²) in [4.78, 5) is 12.6. The lowest BCUT2D eigenvalue weighted by molar-refractivity contribution is -0.320. The lowest BCUT2D eigenvalue weighted by Gasteiger charge is -2.39. The lowest BCUT2D eigenvalue weighted by Crippen LogP contribution is -2.63. The quantitative estimate of drug-likeness (QED) is 0.281. The van der Waals surface area contributed by atoms with E-state index in [-0.39, 0.29) is 17.2 Å². The number of aliphatic hydroxyl groups is 1. The zero-order valence-corrected chi connectivity index (χ0v) is 18.9. The van der Waals surface area contributed by atoms with E-state index in [0.29, 0.717) is 0 Å². The van der Waals surface area contributed by atoms with Gasteiger partial charge in [-0.3, -0.25) is 10.5 Å². The summed E-state index contributed by atoms with van der Waals surface area (Å²) in [6, 6.07) is 13.7. The first-order valence-electron chi connectivity index (χ1n) is 10.5. The van der Waals surface area contributed by atoms with Crippen molar-refractivity contribution in [1.82, 2.24) is 5.32 Å². The molecule has 0 radical (unpaired) electrons. The summed E-state index contributed by atoms with van der Waals surface area (Å²) in [7, 11) is 0. The summed E-state index contributed by atoms with van der Waals surface area (Å²) >= 11 is 0. The van der Waals surface area contributed by atoms with Crippen molar-refractivity contribution in [3.63, 3.8) is 0 Å².